The van der Waals surface area contributed by atoms with E-state index in [4.69, 9.17) is 9.47 Å². The fourth-order valence-corrected chi connectivity index (χ4v) is 2.24. The average Bonchev–Trinajstić information content (AvgIpc) is 2.61. The van der Waals surface area contributed by atoms with Gasteiger partial charge in [0.15, 0.2) is 11.5 Å². The van der Waals surface area contributed by atoms with Gasteiger partial charge in [-0.15, -0.1) is 0 Å². The fourth-order valence-electron chi connectivity index (χ4n) is 1.68. The second kappa shape index (κ2) is 4.02. The van der Waals surface area contributed by atoms with Crippen molar-refractivity contribution >= 4 is 15.9 Å². The molecule has 2 rings (SSSR count). The number of benzene rings is 1. The van der Waals surface area contributed by atoms with Gasteiger partial charge in [-0.3, -0.25) is 0 Å². The van der Waals surface area contributed by atoms with Gasteiger partial charge in [0, 0.05) is 0 Å². The predicted octanol–water partition coefficient (Wildman–Crippen LogP) is 2.41. The van der Waals surface area contributed by atoms with E-state index in [2.05, 4.69) is 15.9 Å². The highest BCUT2D eigenvalue weighted by molar-refractivity contribution is 9.10. The Bertz CT molecular complexity index is 388. The fraction of sp³-hybridized carbons (Fsp3) is 0.455. The number of ether oxygens (including phenoxy) is 2. The van der Waals surface area contributed by atoms with E-state index in [0.717, 1.165) is 27.1 Å². The Labute approximate surface area is 97.1 Å². The minimum atomic E-state index is -0.351. The highest BCUT2D eigenvalue weighted by atomic mass is 79.9. The van der Waals surface area contributed by atoms with Gasteiger partial charge >= 0.3 is 0 Å². The van der Waals surface area contributed by atoms with Crippen LogP contribution in [-0.2, 0) is 6.42 Å². The summed E-state index contributed by atoms with van der Waals surface area (Å²) in [7, 11) is 0. The van der Waals surface area contributed by atoms with Crippen LogP contribution in [-0.4, -0.2) is 18.0 Å². The third kappa shape index (κ3) is 1.96. The topological polar surface area (TPSA) is 38.7 Å². The maximum absolute atomic E-state index is 9.38. The minimum Gasteiger partial charge on any atom is -0.454 e. The number of aliphatic hydroxyl groups is 1. The molecule has 0 bridgehead atoms. The quantitative estimate of drug-likeness (QED) is 0.899. The van der Waals surface area contributed by atoms with Crippen molar-refractivity contribution in [3.8, 4) is 11.5 Å². The van der Waals surface area contributed by atoms with Gasteiger partial charge in [-0.2, -0.15) is 0 Å². The molecule has 1 N–H and O–H groups in total. The molecule has 1 unspecified atom stereocenters. The molecule has 0 radical (unpaired) electrons. The SMILES string of the molecule is Cc1c(CC(C)O)cc2c(c1Br)OCO2. The molecule has 0 spiro atoms. The van der Waals surface area contributed by atoms with Gasteiger partial charge in [0.1, 0.15) is 0 Å². The van der Waals surface area contributed by atoms with Gasteiger partial charge in [0.25, 0.3) is 0 Å². The summed E-state index contributed by atoms with van der Waals surface area (Å²) in [6.45, 7) is 4.05. The van der Waals surface area contributed by atoms with Gasteiger partial charge in [0.05, 0.1) is 10.6 Å². The van der Waals surface area contributed by atoms with Crippen molar-refractivity contribution in [3.63, 3.8) is 0 Å². The highest BCUT2D eigenvalue weighted by Gasteiger charge is 2.21. The molecule has 3 nitrogen and oxygen atoms in total. The number of hydrogen-bond donors (Lipinski definition) is 1. The van der Waals surface area contributed by atoms with Crippen LogP contribution in [0.4, 0.5) is 0 Å². The molecule has 0 aromatic heterocycles. The van der Waals surface area contributed by atoms with E-state index in [1.165, 1.54) is 0 Å². The van der Waals surface area contributed by atoms with Crippen LogP contribution in [0, 0.1) is 6.92 Å². The first-order chi connectivity index (χ1) is 7.09. The molecule has 1 atom stereocenters. The highest BCUT2D eigenvalue weighted by Crippen LogP contribution is 2.42. The third-order valence-corrected chi connectivity index (χ3v) is 3.43. The van der Waals surface area contributed by atoms with Crippen LogP contribution in [0.3, 0.4) is 0 Å². The summed E-state index contributed by atoms with van der Waals surface area (Å²) in [5, 5.41) is 9.38. The number of aliphatic hydroxyl groups excluding tert-OH is 1. The van der Waals surface area contributed by atoms with Crippen LogP contribution in [0.1, 0.15) is 18.1 Å². The molecular formula is C11H13BrO3. The average molecular weight is 273 g/mol. The van der Waals surface area contributed by atoms with Gasteiger partial charge in [-0.25, -0.2) is 0 Å². The summed E-state index contributed by atoms with van der Waals surface area (Å²) in [4.78, 5) is 0. The van der Waals surface area contributed by atoms with Crippen molar-refractivity contribution in [1.29, 1.82) is 0 Å². The smallest absolute Gasteiger partial charge is 0.231 e. The molecule has 0 saturated heterocycles. The Kier molecular flexibility index (Phi) is 2.89. The second-order valence-corrected chi connectivity index (χ2v) is 4.55. The molecular weight excluding hydrogens is 260 g/mol. The number of rotatable bonds is 2. The summed E-state index contributed by atoms with van der Waals surface area (Å²) in [5.41, 5.74) is 2.18. The van der Waals surface area contributed by atoms with E-state index in [9.17, 15) is 5.11 Å². The monoisotopic (exact) mass is 272 g/mol. The Morgan fingerprint density at radius 3 is 2.93 bits per heavy atom. The number of fused-ring (bicyclic) bond motifs is 1. The van der Waals surface area contributed by atoms with E-state index < -0.39 is 0 Å². The lowest BCUT2D eigenvalue weighted by Gasteiger charge is -2.11. The lowest BCUT2D eigenvalue weighted by atomic mass is 10.0. The van der Waals surface area contributed by atoms with Crippen molar-refractivity contribution in [3.05, 3.63) is 21.7 Å². The summed E-state index contributed by atoms with van der Waals surface area (Å²) < 4.78 is 11.6. The van der Waals surface area contributed by atoms with Crippen molar-refractivity contribution in [1.82, 2.24) is 0 Å². The summed E-state index contributed by atoms with van der Waals surface area (Å²) in [6.07, 6.45) is 0.275. The van der Waals surface area contributed by atoms with E-state index >= 15 is 0 Å². The Morgan fingerprint density at radius 2 is 2.27 bits per heavy atom. The van der Waals surface area contributed by atoms with E-state index in [1.54, 1.807) is 6.92 Å². The Balaban J connectivity index is 2.44. The molecule has 1 aromatic carbocycles. The zero-order valence-electron chi connectivity index (χ0n) is 8.71. The molecule has 82 valence electrons. The molecule has 1 aromatic rings. The molecule has 0 saturated carbocycles. The standard InChI is InChI=1S/C11H13BrO3/c1-6(13)3-8-4-9-11(15-5-14-9)10(12)7(8)2/h4,6,13H,3,5H2,1-2H3. The maximum atomic E-state index is 9.38. The van der Waals surface area contributed by atoms with Gasteiger partial charge in [0.2, 0.25) is 6.79 Å². The van der Waals surface area contributed by atoms with Crippen LogP contribution in [0.2, 0.25) is 0 Å². The van der Waals surface area contributed by atoms with Gasteiger partial charge < -0.3 is 14.6 Å². The van der Waals surface area contributed by atoms with Crippen molar-refractivity contribution in [2.75, 3.05) is 6.79 Å². The largest absolute Gasteiger partial charge is 0.454 e. The number of halogens is 1. The van der Waals surface area contributed by atoms with Crippen molar-refractivity contribution in [2.24, 2.45) is 0 Å². The van der Waals surface area contributed by atoms with Gasteiger partial charge in [-0.05, 0) is 53.4 Å². The molecule has 0 amide bonds. The van der Waals surface area contributed by atoms with E-state index in [1.807, 2.05) is 13.0 Å². The minimum absolute atomic E-state index is 0.269. The lowest BCUT2D eigenvalue weighted by Crippen LogP contribution is -2.06. The molecule has 15 heavy (non-hydrogen) atoms. The van der Waals surface area contributed by atoms with E-state index in [0.29, 0.717) is 6.42 Å². The number of hydrogen-bond acceptors (Lipinski definition) is 3. The predicted molar refractivity (Wildman–Crippen MR) is 60.4 cm³/mol. The van der Waals surface area contributed by atoms with Crippen molar-refractivity contribution in [2.45, 2.75) is 26.4 Å². The second-order valence-electron chi connectivity index (χ2n) is 3.76. The summed E-state index contributed by atoms with van der Waals surface area (Å²) in [5.74, 6) is 1.52. The molecule has 0 aliphatic carbocycles. The Hall–Kier alpha value is -0.740. The summed E-state index contributed by atoms with van der Waals surface area (Å²) >= 11 is 3.49. The van der Waals surface area contributed by atoms with Crippen molar-refractivity contribution < 1.29 is 14.6 Å². The molecule has 1 aliphatic rings. The zero-order chi connectivity index (χ0) is 11.0. The van der Waals surface area contributed by atoms with E-state index in [-0.39, 0.29) is 12.9 Å². The first-order valence-electron chi connectivity index (χ1n) is 4.85. The molecule has 4 heteroatoms. The maximum Gasteiger partial charge on any atom is 0.231 e. The van der Waals surface area contributed by atoms with Crippen LogP contribution < -0.4 is 9.47 Å². The first kappa shape index (κ1) is 10.8. The molecule has 0 fully saturated rings. The van der Waals surface area contributed by atoms with Crippen LogP contribution in [0.15, 0.2) is 10.5 Å². The molecule has 1 heterocycles. The third-order valence-electron chi connectivity index (χ3n) is 2.47. The van der Waals surface area contributed by atoms with Crippen LogP contribution >= 0.6 is 15.9 Å². The normalized spacial score (nSPS) is 15.5. The lowest BCUT2D eigenvalue weighted by molar-refractivity contribution is 0.173. The van der Waals surface area contributed by atoms with Crippen LogP contribution in [0.25, 0.3) is 0 Å². The Morgan fingerprint density at radius 1 is 1.53 bits per heavy atom. The van der Waals surface area contributed by atoms with Crippen LogP contribution in [0.5, 0.6) is 11.5 Å². The van der Waals surface area contributed by atoms with Gasteiger partial charge in [-0.1, -0.05) is 0 Å². The molecule has 1 aliphatic heterocycles. The summed E-state index contributed by atoms with van der Waals surface area (Å²) in [6, 6.07) is 1.94. The first-order valence-corrected chi connectivity index (χ1v) is 5.64. The zero-order valence-corrected chi connectivity index (χ0v) is 10.3.